The summed E-state index contributed by atoms with van der Waals surface area (Å²) < 4.78 is 2.09. The molecule has 14 heavy (non-hydrogen) atoms. The van der Waals surface area contributed by atoms with Gasteiger partial charge in [-0.3, -0.25) is 0 Å². The summed E-state index contributed by atoms with van der Waals surface area (Å²) in [5.41, 5.74) is 0.244. The van der Waals surface area contributed by atoms with Gasteiger partial charge in [0, 0.05) is 25.9 Å². The maximum atomic E-state index is 4.36. The predicted molar refractivity (Wildman–Crippen MR) is 57.9 cm³/mol. The van der Waals surface area contributed by atoms with Gasteiger partial charge in [-0.05, 0) is 11.8 Å². The van der Waals surface area contributed by atoms with Crippen molar-refractivity contribution < 1.29 is 0 Å². The normalized spacial score (nSPS) is 25.6. The van der Waals surface area contributed by atoms with Crippen molar-refractivity contribution in [1.29, 1.82) is 0 Å². The first-order valence-electron chi connectivity index (χ1n) is 5.00. The van der Waals surface area contributed by atoms with E-state index in [1.54, 1.807) is 0 Å². The van der Waals surface area contributed by atoms with Crippen LogP contribution in [0.1, 0.15) is 19.2 Å². The lowest BCUT2D eigenvalue weighted by atomic mass is 9.80. The van der Waals surface area contributed by atoms with Crippen molar-refractivity contribution in [2.45, 2.75) is 19.8 Å². The van der Waals surface area contributed by atoms with Gasteiger partial charge in [0.25, 0.3) is 0 Å². The molecule has 1 aromatic heterocycles. The van der Waals surface area contributed by atoms with Crippen LogP contribution in [0.3, 0.4) is 0 Å². The third kappa shape index (κ3) is 1.79. The zero-order chi connectivity index (χ0) is 10.0. The van der Waals surface area contributed by atoms with Gasteiger partial charge in [-0.15, -0.1) is 0 Å². The molecule has 74 valence electrons. The van der Waals surface area contributed by atoms with E-state index in [4.69, 9.17) is 0 Å². The quantitative estimate of drug-likeness (QED) is 0.697. The van der Waals surface area contributed by atoms with E-state index in [1.165, 1.54) is 0 Å². The largest absolute Gasteiger partial charge is 0.338 e. The van der Waals surface area contributed by atoms with Crippen molar-refractivity contribution in [3.05, 3.63) is 42.5 Å². The molecular formula is C12H16N2. The highest BCUT2D eigenvalue weighted by atomic mass is 15.0. The summed E-state index contributed by atoms with van der Waals surface area (Å²) in [4.78, 5) is 4.36. The highest BCUT2D eigenvalue weighted by molar-refractivity contribution is 5.17. The Kier molecular flexibility index (Phi) is 2.28. The zero-order valence-electron chi connectivity index (χ0n) is 8.77. The van der Waals surface area contributed by atoms with Crippen LogP contribution in [0, 0.1) is 5.41 Å². The first-order chi connectivity index (χ1) is 6.70. The SMILES string of the molecule is Cn1ccnc1CC1(C)C=CC=CC1. The summed E-state index contributed by atoms with van der Waals surface area (Å²) >= 11 is 0. The molecule has 0 amide bonds. The summed E-state index contributed by atoms with van der Waals surface area (Å²) in [6, 6.07) is 0. The molecular weight excluding hydrogens is 172 g/mol. The van der Waals surface area contributed by atoms with Gasteiger partial charge in [-0.25, -0.2) is 4.98 Å². The number of hydrogen-bond acceptors (Lipinski definition) is 1. The first-order valence-corrected chi connectivity index (χ1v) is 5.00. The Labute approximate surface area is 85.0 Å². The van der Waals surface area contributed by atoms with Crippen molar-refractivity contribution in [1.82, 2.24) is 9.55 Å². The van der Waals surface area contributed by atoms with E-state index in [1.807, 2.05) is 19.4 Å². The summed E-state index contributed by atoms with van der Waals surface area (Å²) in [5.74, 6) is 1.16. The lowest BCUT2D eigenvalue weighted by Crippen LogP contribution is -2.19. The molecule has 0 radical (unpaired) electrons. The minimum absolute atomic E-state index is 0.244. The van der Waals surface area contributed by atoms with Gasteiger partial charge >= 0.3 is 0 Å². The van der Waals surface area contributed by atoms with Crippen LogP contribution in [0.2, 0.25) is 0 Å². The van der Waals surface area contributed by atoms with Crippen LogP contribution in [0.25, 0.3) is 0 Å². The Balaban J connectivity index is 2.15. The molecule has 1 unspecified atom stereocenters. The van der Waals surface area contributed by atoms with Crippen molar-refractivity contribution >= 4 is 0 Å². The molecule has 0 bridgehead atoms. The first kappa shape index (κ1) is 9.25. The number of rotatable bonds is 2. The van der Waals surface area contributed by atoms with E-state index in [-0.39, 0.29) is 5.41 Å². The lowest BCUT2D eigenvalue weighted by Gasteiger charge is -2.25. The van der Waals surface area contributed by atoms with E-state index in [0.29, 0.717) is 0 Å². The van der Waals surface area contributed by atoms with Crippen LogP contribution < -0.4 is 0 Å². The highest BCUT2D eigenvalue weighted by Gasteiger charge is 2.22. The number of imidazole rings is 1. The van der Waals surface area contributed by atoms with Crippen molar-refractivity contribution in [3.8, 4) is 0 Å². The number of aryl methyl sites for hydroxylation is 1. The molecule has 0 aliphatic heterocycles. The molecule has 1 heterocycles. The highest BCUT2D eigenvalue weighted by Crippen LogP contribution is 2.30. The second-order valence-corrected chi connectivity index (χ2v) is 4.28. The van der Waals surface area contributed by atoms with Crippen LogP contribution in [-0.2, 0) is 13.5 Å². The standard InChI is InChI=1S/C12H16N2/c1-12(6-4-3-5-7-12)10-11-13-8-9-14(11)2/h3-6,8-9H,7,10H2,1-2H3. The molecule has 2 nitrogen and oxygen atoms in total. The van der Waals surface area contributed by atoms with Gasteiger partial charge in [0.2, 0.25) is 0 Å². The molecule has 0 spiro atoms. The molecule has 1 aromatic rings. The molecule has 0 N–H and O–H groups in total. The fourth-order valence-electron chi connectivity index (χ4n) is 1.83. The van der Waals surface area contributed by atoms with E-state index in [9.17, 15) is 0 Å². The predicted octanol–water partition coefficient (Wildman–Crippen LogP) is 2.49. The third-order valence-corrected chi connectivity index (χ3v) is 2.81. The summed E-state index contributed by atoms with van der Waals surface area (Å²) in [6.07, 6.45) is 14.7. The Bertz CT molecular complexity index is 373. The molecule has 0 fully saturated rings. The van der Waals surface area contributed by atoms with Gasteiger partial charge in [0.1, 0.15) is 5.82 Å². The van der Waals surface area contributed by atoms with Gasteiger partial charge in [-0.2, -0.15) is 0 Å². The Hall–Kier alpha value is -1.31. The third-order valence-electron chi connectivity index (χ3n) is 2.81. The van der Waals surface area contributed by atoms with E-state index < -0.39 is 0 Å². The van der Waals surface area contributed by atoms with Crippen LogP contribution in [0.15, 0.2) is 36.7 Å². The molecule has 0 aromatic carbocycles. The van der Waals surface area contributed by atoms with Gasteiger partial charge in [0.05, 0.1) is 0 Å². The van der Waals surface area contributed by atoms with Crippen molar-refractivity contribution in [3.63, 3.8) is 0 Å². The fourth-order valence-corrected chi connectivity index (χ4v) is 1.83. The summed E-state index contributed by atoms with van der Waals surface area (Å²) in [7, 11) is 2.05. The number of hydrogen-bond donors (Lipinski definition) is 0. The van der Waals surface area contributed by atoms with E-state index in [2.05, 4.69) is 40.8 Å². The number of nitrogens with zero attached hydrogens (tertiary/aromatic N) is 2. The molecule has 1 aliphatic carbocycles. The zero-order valence-corrected chi connectivity index (χ0v) is 8.77. The monoisotopic (exact) mass is 188 g/mol. The molecule has 2 rings (SSSR count). The summed E-state index contributed by atoms with van der Waals surface area (Å²) in [6.45, 7) is 2.28. The molecule has 0 saturated carbocycles. The Morgan fingerprint density at radius 3 is 2.93 bits per heavy atom. The van der Waals surface area contributed by atoms with Crippen LogP contribution in [0.5, 0.6) is 0 Å². The van der Waals surface area contributed by atoms with Crippen molar-refractivity contribution in [2.24, 2.45) is 12.5 Å². The van der Waals surface area contributed by atoms with Gasteiger partial charge in [0.15, 0.2) is 0 Å². The van der Waals surface area contributed by atoms with Crippen LogP contribution >= 0.6 is 0 Å². The molecule has 2 heteroatoms. The minimum atomic E-state index is 0.244. The van der Waals surface area contributed by atoms with Crippen molar-refractivity contribution in [2.75, 3.05) is 0 Å². The Morgan fingerprint density at radius 2 is 2.36 bits per heavy atom. The maximum Gasteiger partial charge on any atom is 0.109 e. The Morgan fingerprint density at radius 1 is 1.50 bits per heavy atom. The smallest absolute Gasteiger partial charge is 0.109 e. The molecule has 1 aliphatic rings. The van der Waals surface area contributed by atoms with Gasteiger partial charge in [-0.1, -0.05) is 31.2 Å². The number of aromatic nitrogens is 2. The lowest BCUT2D eigenvalue weighted by molar-refractivity contribution is 0.411. The number of allylic oxidation sites excluding steroid dienone is 4. The van der Waals surface area contributed by atoms with Crippen LogP contribution in [-0.4, -0.2) is 9.55 Å². The molecule has 1 atom stereocenters. The van der Waals surface area contributed by atoms with Crippen LogP contribution in [0.4, 0.5) is 0 Å². The van der Waals surface area contributed by atoms with E-state index >= 15 is 0 Å². The maximum absolute atomic E-state index is 4.36. The second kappa shape index (κ2) is 3.45. The van der Waals surface area contributed by atoms with Gasteiger partial charge < -0.3 is 4.57 Å². The average Bonchev–Trinajstić information content (AvgIpc) is 2.52. The molecule has 0 saturated heterocycles. The average molecular weight is 188 g/mol. The summed E-state index contributed by atoms with van der Waals surface area (Å²) in [5, 5.41) is 0. The fraction of sp³-hybridized carbons (Fsp3) is 0.417. The minimum Gasteiger partial charge on any atom is -0.338 e. The second-order valence-electron chi connectivity index (χ2n) is 4.28. The van der Waals surface area contributed by atoms with E-state index in [0.717, 1.165) is 18.7 Å². The topological polar surface area (TPSA) is 17.8 Å².